The predicted molar refractivity (Wildman–Crippen MR) is 188 cm³/mol. The van der Waals surface area contributed by atoms with E-state index in [1.54, 1.807) is 34.6 Å². The van der Waals surface area contributed by atoms with Crippen LogP contribution in [0.25, 0.3) is 0 Å². The highest BCUT2D eigenvalue weighted by Gasteiger charge is 2.54. The maximum Gasteiger partial charge on any atom is 0.314 e. The SMILES string of the molecule is CC[C@H]1OC(=O)[C@H](CO)[C@@H](OC2CC(C)(OC)C(O)C(C)O2)[C@H](C)[C@@H](OC2OC(C)CC(N(C)C)C2O)[C@](C)(O)C[C@@H](C)C(=O)[C@H](C)[C@@H](O)[C@]1(C)O. The van der Waals surface area contributed by atoms with Gasteiger partial charge in [-0.1, -0.05) is 27.7 Å². The first kappa shape index (κ1) is 45.1. The molecule has 3 aliphatic rings. The number of hydrogen-bond donors (Lipinski definition) is 6. The minimum Gasteiger partial charge on any atom is -0.459 e. The number of carbonyl (C=O) groups excluding carboxylic acids is 2. The monoisotopic (exact) mass is 749 g/mol. The Morgan fingerprint density at radius 3 is 2.08 bits per heavy atom. The molecular weight excluding hydrogens is 682 g/mol. The maximum atomic E-state index is 14.1. The van der Waals surface area contributed by atoms with Gasteiger partial charge in [-0.2, -0.15) is 0 Å². The standard InChI is InChI=1S/C37H67NO14/c1-13-25-37(9,46)30(42)20(4)27(40)18(2)15-35(7,45)32(52-34-28(41)24(38(10)11)14-19(3)48-34)21(5)29(23(17-39)33(44)50-25)51-26-16-36(8,47-12)31(43)22(6)49-26/h18-26,28-32,34,39,41-43,45-46H,13-17H2,1-12H3/t18-,19?,20+,21+,22?,23-,24?,25-,26?,28?,29+,30-,31?,32-,34?,35-,36?,37-/m1/s1. The molecule has 15 heteroatoms. The van der Waals surface area contributed by atoms with Gasteiger partial charge < -0.3 is 64.0 Å². The van der Waals surface area contributed by atoms with Crippen LogP contribution >= 0.6 is 0 Å². The summed E-state index contributed by atoms with van der Waals surface area (Å²) in [6.45, 7) is 13.5. The zero-order chi connectivity index (χ0) is 39.7. The molecule has 8 unspecified atom stereocenters. The molecule has 18 atom stereocenters. The van der Waals surface area contributed by atoms with Gasteiger partial charge in [-0.25, -0.2) is 0 Å². The fourth-order valence-corrected chi connectivity index (χ4v) is 8.46. The van der Waals surface area contributed by atoms with Crippen molar-refractivity contribution in [3.63, 3.8) is 0 Å². The number of nitrogens with zero attached hydrogens (tertiary/aromatic N) is 1. The van der Waals surface area contributed by atoms with Crippen LogP contribution in [0.15, 0.2) is 0 Å². The van der Waals surface area contributed by atoms with Gasteiger partial charge >= 0.3 is 5.97 Å². The lowest BCUT2D eigenvalue weighted by Crippen LogP contribution is -2.61. The lowest BCUT2D eigenvalue weighted by atomic mass is 9.74. The Balaban J connectivity index is 2.22. The first-order valence-corrected chi connectivity index (χ1v) is 18.6. The number of esters is 1. The van der Waals surface area contributed by atoms with Gasteiger partial charge in [-0.05, 0) is 68.0 Å². The first-order valence-electron chi connectivity index (χ1n) is 18.6. The summed E-state index contributed by atoms with van der Waals surface area (Å²) in [5.41, 5.74) is -5.07. The van der Waals surface area contributed by atoms with Crippen molar-refractivity contribution in [1.29, 1.82) is 0 Å². The van der Waals surface area contributed by atoms with Crippen molar-refractivity contribution in [2.24, 2.45) is 23.7 Å². The molecule has 304 valence electrons. The number of carbonyl (C=O) groups is 2. The molecule has 15 nitrogen and oxygen atoms in total. The lowest BCUT2D eigenvalue weighted by Gasteiger charge is -2.49. The molecule has 0 aromatic heterocycles. The number of methoxy groups -OCH3 is 1. The fraction of sp³-hybridized carbons (Fsp3) is 0.946. The smallest absolute Gasteiger partial charge is 0.314 e. The van der Waals surface area contributed by atoms with E-state index in [9.17, 15) is 40.2 Å². The van der Waals surface area contributed by atoms with Crippen LogP contribution in [-0.4, -0.2) is 159 Å². The molecule has 0 aromatic rings. The first-order chi connectivity index (χ1) is 24.0. The van der Waals surface area contributed by atoms with E-state index in [1.165, 1.54) is 27.9 Å². The Kier molecular flexibility index (Phi) is 15.3. The quantitative estimate of drug-likeness (QED) is 0.189. The van der Waals surface area contributed by atoms with E-state index in [0.717, 1.165) is 0 Å². The molecular formula is C37H67NO14. The number of hydrogen-bond acceptors (Lipinski definition) is 15. The second-order valence-corrected chi connectivity index (χ2v) is 16.5. The number of aliphatic hydroxyl groups is 6. The Bertz CT molecular complexity index is 1190. The Morgan fingerprint density at radius 1 is 0.923 bits per heavy atom. The van der Waals surface area contributed by atoms with Crippen molar-refractivity contribution >= 4 is 11.8 Å². The van der Waals surface area contributed by atoms with Crippen molar-refractivity contribution in [2.75, 3.05) is 27.8 Å². The molecule has 3 saturated heterocycles. The summed E-state index contributed by atoms with van der Waals surface area (Å²) in [5.74, 6) is -5.88. The highest BCUT2D eigenvalue weighted by molar-refractivity contribution is 5.83. The van der Waals surface area contributed by atoms with Crippen LogP contribution in [0.4, 0.5) is 0 Å². The second kappa shape index (κ2) is 17.6. The van der Waals surface area contributed by atoms with E-state index in [4.69, 9.17) is 28.4 Å². The molecule has 3 fully saturated rings. The predicted octanol–water partition coefficient (Wildman–Crippen LogP) is 0.758. The minimum absolute atomic E-state index is 0.0156. The normalized spacial score (nSPS) is 49.0. The molecule has 0 radical (unpaired) electrons. The van der Waals surface area contributed by atoms with Crippen LogP contribution < -0.4 is 0 Å². The van der Waals surface area contributed by atoms with Crippen LogP contribution in [0.5, 0.6) is 0 Å². The van der Waals surface area contributed by atoms with Crippen LogP contribution in [0.1, 0.15) is 88.0 Å². The van der Waals surface area contributed by atoms with Crippen molar-refractivity contribution < 1.29 is 68.6 Å². The molecule has 0 aliphatic carbocycles. The molecule has 3 heterocycles. The summed E-state index contributed by atoms with van der Waals surface area (Å²) >= 11 is 0. The number of likely N-dealkylation sites (N-methyl/N-ethyl adjacent to an activating group) is 1. The Hall–Kier alpha value is -1.34. The number of ether oxygens (including phenoxy) is 6. The topological polar surface area (TPSA) is 214 Å². The summed E-state index contributed by atoms with van der Waals surface area (Å²) in [7, 11) is 5.10. The Morgan fingerprint density at radius 2 is 1.54 bits per heavy atom. The molecule has 3 aliphatic heterocycles. The average molecular weight is 750 g/mol. The van der Waals surface area contributed by atoms with E-state index in [1.807, 2.05) is 25.9 Å². The summed E-state index contributed by atoms with van der Waals surface area (Å²) < 4.78 is 36.8. The van der Waals surface area contributed by atoms with Crippen molar-refractivity contribution in [3.05, 3.63) is 0 Å². The highest BCUT2D eigenvalue weighted by Crippen LogP contribution is 2.40. The van der Waals surface area contributed by atoms with Gasteiger partial charge in [-0.3, -0.25) is 9.59 Å². The molecule has 6 N–H and O–H groups in total. The van der Waals surface area contributed by atoms with Crippen LogP contribution in [-0.2, 0) is 38.0 Å². The molecule has 0 saturated carbocycles. The number of Topliss-reactive ketones (excluding diaryl/α,β-unsaturated/α-hetero) is 1. The van der Waals surface area contributed by atoms with E-state index >= 15 is 0 Å². The van der Waals surface area contributed by atoms with Crippen LogP contribution in [0.2, 0.25) is 0 Å². The summed E-state index contributed by atoms with van der Waals surface area (Å²) in [6.07, 6.45) is -10.8. The third-order valence-electron chi connectivity index (χ3n) is 11.9. The fourth-order valence-electron chi connectivity index (χ4n) is 8.46. The van der Waals surface area contributed by atoms with Crippen LogP contribution in [0.3, 0.4) is 0 Å². The zero-order valence-electron chi connectivity index (χ0n) is 33.1. The molecule has 0 amide bonds. The van der Waals surface area contributed by atoms with E-state index in [0.29, 0.717) is 6.42 Å². The minimum atomic E-state index is -2.08. The van der Waals surface area contributed by atoms with Crippen molar-refractivity contribution in [1.82, 2.24) is 4.90 Å². The molecule has 0 bridgehead atoms. The Labute approximate surface area is 308 Å². The van der Waals surface area contributed by atoms with E-state index in [2.05, 4.69) is 0 Å². The van der Waals surface area contributed by atoms with Crippen molar-refractivity contribution in [3.8, 4) is 0 Å². The summed E-state index contributed by atoms with van der Waals surface area (Å²) in [4.78, 5) is 29.8. The average Bonchev–Trinajstić information content (AvgIpc) is 3.07. The lowest BCUT2D eigenvalue weighted by molar-refractivity contribution is -0.319. The number of aliphatic hydroxyl groups excluding tert-OH is 4. The van der Waals surface area contributed by atoms with Gasteiger partial charge in [0.05, 0.1) is 48.3 Å². The third-order valence-corrected chi connectivity index (χ3v) is 11.9. The highest BCUT2D eigenvalue weighted by atomic mass is 16.7. The maximum absolute atomic E-state index is 14.1. The summed E-state index contributed by atoms with van der Waals surface area (Å²) in [6, 6.07) is -0.364. The molecule has 0 spiro atoms. The van der Waals surface area contributed by atoms with E-state index in [-0.39, 0.29) is 31.4 Å². The van der Waals surface area contributed by atoms with Crippen molar-refractivity contribution in [2.45, 2.75) is 172 Å². The molecule has 0 aromatic carbocycles. The summed E-state index contributed by atoms with van der Waals surface area (Å²) in [5, 5.41) is 68.5. The largest absolute Gasteiger partial charge is 0.459 e. The number of rotatable bonds is 8. The van der Waals surface area contributed by atoms with Gasteiger partial charge in [0.15, 0.2) is 12.6 Å². The van der Waals surface area contributed by atoms with Gasteiger partial charge in [0.25, 0.3) is 0 Å². The van der Waals surface area contributed by atoms with Gasteiger partial charge in [-0.15, -0.1) is 0 Å². The third kappa shape index (κ3) is 9.54. The van der Waals surface area contributed by atoms with Gasteiger partial charge in [0, 0.05) is 37.3 Å². The molecule has 52 heavy (non-hydrogen) atoms. The number of ketones is 1. The van der Waals surface area contributed by atoms with Gasteiger partial charge in [0.2, 0.25) is 0 Å². The second-order valence-electron chi connectivity index (χ2n) is 16.5. The number of cyclic esters (lactones) is 1. The van der Waals surface area contributed by atoms with E-state index < -0.39 is 114 Å². The zero-order valence-corrected chi connectivity index (χ0v) is 33.1. The van der Waals surface area contributed by atoms with Gasteiger partial charge in [0.1, 0.15) is 35.6 Å². The van der Waals surface area contributed by atoms with Crippen LogP contribution in [0, 0.1) is 23.7 Å². The molecule has 3 rings (SSSR count).